The Balaban J connectivity index is 1.43. The number of rotatable bonds is 5. The van der Waals surface area contributed by atoms with Crippen LogP contribution in [-0.4, -0.2) is 58.5 Å². The molecule has 0 spiro atoms. The third-order valence-corrected chi connectivity index (χ3v) is 5.42. The van der Waals surface area contributed by atoms with Gasteiger partial charge in [0.25, 0.3) is 5.91 Å². The lowest BCUT2D eigenvalue weighted by Crippen LogP contribution is -2.48. The van der Waals surface area contributed by atoms with E-state index in [9.17, 15) is 4.79 Å². The van der Waals surface area contributed by atoms with E-state index in [-0.39, 0.29) is 5.91 Å². The number of carbonyl (C=O) groups is 1. The van der Waals surface area contributed by atoms with Crippen molar-refractivity contribution in [1.29, 1.82) is 0 Å². The molecule has 3 aromatic rings. The molecule has 0 saturated carbocycles. The summed E-state index contributed by atoms with van der Waals surface area (Å²) in [5, 5.41) is 0. The van der Waals surface area contributed by atoms with Crippen LogP contribution in [0.5, 0.6) is 5.75 Å². The number of ether oxygens (including phenoxy) is 1. The van der Waals surface area contributed by atoms with Crippen molar-refractivity contribution in [1.82, 2.24) is 19.4 Å². The van der Waals surface area contributed by atoms with Crippen molar-refractivity contribution in [2.75, 3.05) is 33.3 Å². The van der Waals surface area contributed by atoms with E-state index < -0.39 is 0 Å². The number of aryl methyl sites for hydroxylation is 1. The Morgan fingerprint density at radius 1 is 1.07 bits per heavy atom. The maximum atomic E-state index is 13.2. The number of hydrogen-bond donors (Lipinski definition) is 0. The second-order valence-corrected chi connectivity index (χ2v) is 7.33. The van der Waals surface area contributed by atoms with Gasteiger partial charge in [0.15, 0.2) is 0 Å². The van der Waals surface area contributed by atoms with Gasteiger partial charge in [0.2, 0.25) is 0 Å². The standard InChI is InChI=1S/C23H26N4O2/c1-25-11-10-24-22(25)20-8-3-4-9-21(20)23(28)27-14-12-26(13-15-27)17-18-6-5-7-19(16-18)29-2/h3-11,16H,12-15,17H2,1-2H3. The molecule has 1 aliphatic rings. The van der Waals surface area contributed by atoms with Crippen molar-refractivity contribution in [3.05, 3.63) is 72.1 Å². The van der Waals surface area contributed by atoms with E-state index in [0.717, 1.165) is 49.9 Å². The monoisotopic (exact) mass is 390 g/mol. The number of hydrogen-bond acceptors (Lipinski definition) is 4. The SMILES string of the molecule is COc1cccc(CN2CCN(C(=O)c3ccccc3-c3nccn3C)CC2)c1. The fraction of sp³-hybridized carbons (Fsp3) is 0.304. The van der Waals surface area contributed by atoms with Crippen LogP contribution >= 0.6 is 0 Å². The van der Waals surface area contributed by atoms with Crippen LogP contribution in [0.4, 0.5) is 0 Å². The number of carbonyl (C=O) groups excluding carboxylic acids is 1. The minimum Gasteiger partial charge on any atom is -0.497 e. The molecule has 0 radical (unpaired) electrons. The summed E-state index contributed by atoms with van der Waals surface area (Å²) in [6, 6.07) is 15.9. The molecule has 2 aromatic carbocycles. The first-order valence-electron chi connectivity index (χ1n) is 9.87. The van der Waals surface area contributed by atoms with Crippen LogP contribution in [0, 0.1) is 0 Å². The molecular formula is C23H26N4O2. The van der Waals surface area contributed by atoms with Crippen LogP contribution in [-0.2, 0) is 13.6 Å². The molecular weight excluding hydrogens is 364 g/mol. The molecule has 0 atom stereocenters. The van der Waals surface area contributed by atoms with E-state index in [1.54, 1.807) is 13.3 Å². The highest BCUT2D eigenvalue weighted by atomic mass is 16.5. The quantitative estimate of drug-likeness (QED) is 0.672. The van der Waals surface area contributed by atoms with Crippen molar-refractivity contribution < 1.29 is 9.53 Å². The van der Waals surface area contributed by atoms with Crippen molar-refractivity contribution in [3.63, 3.8) is 0 Å². The number of piperazine rings is 1. The van der Waals surface area contributed by atoms with Gasteiger partial charge in [-0.25, -0.2) is 4.98 Å². The number of imidazole rings is 1. The number of amides is 1. The summed E-state index contributed by atoms with van der Waals surface area (Å²) in [7, 11) is 3.63. The summed E-state index contributed by atoms with van der Waals surface area (Å²) < 4.78 is 7.26. The first-order valence-corrected chi connectivity index (χ1v) is 9.87. The highest BCUT2D eigenvalue weighted by Crippen LogP contribution is 2.24. The molecule has 1 saturated heterocycles. The van der Waals surface area contributed by atoms with Gasteiger partial charge in [-0.1, -0.05) is 30.3 Å². The number of aromatic nitrogens is 2. The van der Waals surface area contributed by atoms with E-state index in [2.05, 4.69) is 22.0 Å². The number of benzene rings is 2. The molecule has 1 aromatic heterocycles. The first-order chi connectivity index (χ1) is 14.2. The molecule has 0 N–H and O–H groups in total. The molecule has 6 heteroatoms. The van der Waals surface area contributed by atoms with Gasteiger partial charge in [-0.05, 0) is 23.8 Å². The minimum absolute atomic E-state index is 0.0737. The zero-order chi connectivity index (χ0) is 20.2. The minimum atomic E-state index is 0.0737. The second-order valence-electron chi connectivity index (χ2n) is 7.33. The van der Waals surface area contributed by atoms with Crippen LogP contribution in [0.3, 0.4) is 0 Å². The maximum absolute atomic E-state index is 13.2. The Morgan fingerprint density at radius 3 is 2.59 bits per heavy atom. The van der Waals surface area contributed by atoms with E-state index in [0.29, 0.717) is 5.56 Å². The van der Waals surface area contributed by atoms with Gasteiger partial charge < -0.3 is 14.2 Å². The van der Waals surface area contributed by atoms with Crippen molar-refractivity contribution in [2.45, 2.75) is 6.54 Å². The summed E-state index contributed by atoms with van der Waals surface area (Å²) in [4.78, 5) is 22.0. The number of nitrogens with zero attached hydrogens (tertiary/aromatic N) is 4. The summed E-state index contributed by atoms with van der Waals surface area (Å²) in [5.41, 5.74) is 2.82. The largest absolute Gasteiger partial charge is 0.497 e. The highest BCUT2D eigenvalue weighted by molar-refractivity contribution is 6.00. The Labute approximate surface area is 171 Å². The lowest BCUT2D eigenvalue weighted by molar-refractivity contribution is 0.0629. The maximum Gasteiger partial charge on any atom is 0.254 e. The third-order valence-electron chi connectivity index (χ3n) is 5.42. The van der Waals surface area contributed by atoms with Crippen molar-refractivity contribution >= 4 is 5.91 Å². The van der Waals surface area contributed by atoms with Gasteiger partial charge in [-0.2, -0.15) is 0 Å². The predicted molar refractivity (Wildman–Crippen MR) is 113 cm³/mol. The van der Waals surface area contributed by atoms with Gasteiger partial charge in [-0.15, -0.1) is 0 Å². The Morgan fingerprint density at radius 2 is 1.86 bits per heavy atom. The van der Waals surface area contributed by atoms with E-state index >= 15 is 0 Å². The summed E-state index contributed by atoms with van der Waals surface area (Å²) in [5.74, 6) is 1.76. The predicted octanol–water partition coefficient (Wildman–Crippen LogP) is 3.05. The molecule has 0 aliphatic carbocycles. The van der Waals surface area contributed by atoms with Crippen LogP contribution in [0.2, 0.25) is 0 Å². The zero-order valence-electron chi connectivity index (χ0n) is 16.9. The molecule has 29 heavy (non-hydrogen) atoms. The van der Waals surface area contributed by atoms with E-state index in [4.69, 9.17) is 4.74 Å². The van der Waals surface area contributed by atoms with Gasteiger partial charge in [-0.3, -0.25) is 9.69 Å². The topological polar surface area (TPSA) is 50.6 Å². The molecule has 4 rings (SSSR count). The molecule has 6 nitrogen and oxygen atoms in total. The van der Waals surface area contributed by atoms with Gasteiger partial charge in [0, 0.05) is 57.7 Å². The Bertz CT molecular complexity index is 990. The Kier molecular flexibility index (Phi) is 5.62. The average molecular weight is 390 g/mol. The lowest BCUT2D eigenvalue weighted by Gasteiger charge is -2.35. The smallest absolute Gasteiger partial charge is 0.254 e. The molecule has 0 unspecified atom stereocenters. The van der Waals surface area contributed by atoms with Gasteiger partial charge in [0.1, 0.15) is 11.6 Å². The van der Waals surface area contributed by atoms with Crippen molar-refractivity contribution in [3.8, 4) is 17.1 Å². The second kappa shape index (κ2) is 8.49. The Hall–Kier alpha value is -3.12. The average Bonchev–Trinajstić information content (AvgIpc) is 3.19. The van der Waals surface area contributed by atoms with Crippen LogP contribution < -0.4 is 4.74 Å². The molecule has 1 aliphatic heterocycles. The van der Waals surface area contributed by atoms with Crippen LogP contribution in [0.15, 0.2) is 60.9 Å². The van der Waals surface area contributed by atoms with E-state index in [1.165, 1.54) is 5.56 Å². The normalized spacial score (nSPS) is 14.8. The summed E-state index contributed by atoms with van der Waals surface area (Å²) in [6.07, 6.45) is 3.65. The fourth-order valence-corrected chi connectivity index (χ4v) is 3.80. The van der Waals surface area contributed by atoms with E-state index in [1.807, 2.05) is 59.1 Å². The molecule has 2 heterocycles. The van der Waals surface area contributed by atoms with Gasteiger partial charge >= 0.3 is 0 Å². The molecule has 150 valence electrons. The molecule has 1 fully saturated rings. The van der Waals surface area contributed by atoms with Gasteiger partial charge in [0.05, 0.1) is 12.7 Å². The fourth-order valence-electron chi connectivity index (χ4n) is 3.80. The number of methoxy groups -OCH3 is 1. The highest BCUT2D eigenvalue weighted by Gasteiger charge is 2.24. The molecule has 0 bridgehead atoms. The molecule has 1 amide bonds. The summed E-state index contributed by atoms with van der Waals surface area (Å²) >= 11 is 0. The lowest BCUT2D eigenvalue weighted by atomic mass is 10.0. The van der Waals surface area contributed by atoms with Crippen LogP contribution in [0.25, 0.3) is 11.4 Å². The first kappa shape index (κ1) is 19.2. The van der Waals surface area contributed by atoms with Crippen molar-refractivity contribution in [2.24, 2.45) is 7.05 Å². The third kappa shape index (κ3) is 4.17. The van der Waals surface area contributed by atoms with Crippen LogP contribution in [0.1, 0.15) is 15.9 Å². The summed E-state index contributed by atoms with van der Waals surface area (Å²) in [6.45, 7) is 4.01. The zero-order valence-corrected chi connectivity index (χ0v) is 16.9.